The molecule has 44 heavy (non-hydrogen) atoms. The second kappa shape index (κ2) is 25.6. The number of unbranched alkanes of at least 4 members (excludes halogenated alkanes) is 7. The van der Waals surface area contributed by atoms with Crippen molar-refractivity contribution in [3.63, 3.8) is 0 Å². The van der Waals surface area contributed by atoms with Gasteiger partial charge >= 0.3 is 17.9 Å². The maximum Gasteiger partial charge on any atom is 0.328 e. The van der Waals surface area contributed by atoms with Gasteiger partial charge in [-0.3, -0.25) is 24.1 Å². The van der Waals surface area contributed by atoms with Crippen LogP contribution in [0, 0.1) is 0 Å². The standard InChI is InChI=1S/C32H47N3O8S/c1-2-3-4-5-6-7-8-9-10-11-12-15-18-25(19-16-13-14-17-20-29(37)38)35(23-30(39)40)31(41)27(24-44)34-28(36)22-21-26(33)32(42)43/h10-20,26-27,44H,2-9,21-24,33H2,1H3,(H,34,36)(H,37,38)(H,39,40)(H,42,43). The lowest BCUT2D eigenvalue weighted by atomic mass is 10.1. The van der Waals surface area contributed by atoms with E-state index in [0.29, 0.717) is 0 Å². The minimum absolute atomic E-state index is 0.151. The smallest absolute Gasteiger partial charge is 0.328 e. The molecule has 6 N–H and O–H groups in total. The fraction of sp³-hybridized carbons (Fsp3) is 0.469. The van der Waals surface area contributed by atoms with Crippen LogP contribution in [0.3, 0.4) is 0 Å². The van der Waals surface area contributed by atoms with Gasteiger partial charge in [0.15, 0.2) is 0 Å². The number of carbonyl (C=O) groups excluding carboxylic acids is 2. The van der Waals surface area contributed by atoms with Crippen LogP contribution in [0.15, 0.2) is 72.5 Å². The SMILES string of the molecule is CCCCCCCCCC=CC=CC=C(C=CC=CC=CC(=O)O)N(CC(=O)O)C(=O)C(CS)NC(=O)CCC(N)C(=O)O. The van der Waals surface area contributed by atoms with Crippen LogP contribution in [-0.4, -0.2) is 74.3 Å². The molecular formula is C32H47N3O8S. The zero-order valence-electron chi connectivity index (χ0n) is 25.3. The van der Waals surface area contributed by atoms with Crippen molar-refractivity contribution in [1.82, 2.24) is 10.2 Å². The maximum absolute atomic E-state index is 13.4. The van der Waals surface area contributed by atoms with Crippen molar-refractivity contribution in [2.24, 2.45) is 5.73 Å². The lowest BCUT2D eigenvalue weighted by molar-refractivity contribution is -0.143. The van der Waals surface area contributed by atoms with Gasteiger partial charge in [0.2, 0.25) is 5.91 Å². The van der Waals surface area contributed by atoms with E-state index < -0.39 is 48.4 Å². The van der Waals surface area contributed by atoms with Gasteiger partial charge in [-0.25, -0.2) is 4.79 Å². The molecule has 0 radical (unpaired) electrons. The number of hydrogen-bond acceptors (Lipinski definition) is 7. The summed E-state index contributed by atoms with van der Waals surface area (Å²) in [5.41, 5.74) is 5.63. The molecule has 0 aromatic carbocycles. The molecule has 2 amide bonds. The second-order valence-corrected chi connectivity index (χ2v) is 10.2. The van der Waals surface area contributed by atoms with Gasteiger partial charge in [0.25, 0.3) is 5.91 Å². The molecule has 0 aromatic rings. The minimum atomic E-state index is -1.30. The number of aliphatic carboxylic acids is 3. The molecule has 0 aliphatic carbocycles. The Morgan fingerprint density at radius 1 is 0.841 bits per heavy atom. The third kappa shape index (κ3) is 20.9. The van der Waals surface area contributed by atoms with E-state index in [9.17, 15) is 29.1 Å². The molecule has 0 rings (SSSR count). The van der Waals surface area contributed by atoms with Crippen LogP contribution >= 0.6 is 12.6 Å². The van der Waals surface area contributed by atoms with E-state index in [2.05, 4.69) is 24.9 Å². The number of rotatable bonds is 24. The van der Waals surface area contributed by atoms with Crippen LogP contribution in [0.1, 0.15) is 71.1 Å². The highest BCUT2D eigenvalue weighted by Gasteiger charge is 2.28. The topological polar surface area (TPSA) is 187 Å². The van der Waals surface area contributed by atoms with E-state index >= 15 is 0 Å². The Hall–Kier alpha value is -3.90. The van der Waals surface area contributed by atoms with Gasteiger partial charge in [0.05, 0.1) is 0 Å². The van der Waals surface area contributed by atoms with Crippen LogP contribution in [0.5, 0.6) is 0 Å². The Morgan fingerprint density at radius 2 is 1.45 bits per heavy atom. The molecule has 0 spiro atoms. The van der Waals surface area contributed by atoms with E-state index in [1.165, 1.54) is 68.9 Å². The van der Waals surface area contributed by atoms with Gasteiger partial charge in [-0.1, -0.05) is 94.1 Å². The summed E-state index contributed by atoms with van der Waals surface area (Å²) in [6.07, 6.45) is 26.1. The van der Waals surface area contributed by atoms with Crippen molar-refractivity contribution in [1.29, 1.82) is 0 Å². The van der Waals surface area contributed by atoms with E-state index in [0.717, 1.165) is 23.8 Å². The Kier molecular flexibility index (Phi) is 23.3. The molecule has 244 valence electrons. The summed E-state index contributed by atoms with van der Waals surface area (Å²) in [5.74, 6) is -5.21. The monoisotopic (exact) mass is 633 g/mol. The summed E-state index contributed by atoms with van der Waals surface area (Å²) >= 11 is 4.15. The number of carbonyl (C=O) groups is 5. The van der Waals surface area contributed by atoms with Crippen LogP contribution in [0.25, 0.3) is 0 Å². The Morgan fingerprint density at radius 3 is 2.05 bits per heavy atom. The van der Waals surface area contributed by atoms with Gasteiger partial charge in [0, 0.05) is 23.9 Å². The number of nitrogens with one attached hydrogen (secondary N) is 1. The predicted octanol–water partition coefficient (Wildman–Crippen LogP) is 4.40. The molecule has 0 fully saturated rings. The molecule has 0 aliphatic rings. The number of amides is 2. The van der Waals surface area contributed by atoms with Crippen LogP contribution in [-0.2, 0) is 24.0 Å². The number of nitrogens with zero attached hydrogens (tertiary/aromatic N) is 1. The Balaban J connectivity index is 5.78. The van der Waals surface area contributed by atoms with Crippen molar-refractivity contribution in [2.75, 3.05) is 12.3 Å². The van der Waals surface area contributed by atoms with Gasteiger partial charge in [-0.15, -0.1) is 0 Å². The van der Waals surface area contributed by atoms with E-state index in [1.54, 1.807) is 18.2 Å². The van der Waals surface area contributed by atoms with Crippen molar-refractivity contribution < 1.29 is 39.3 Å². The lowest BCUT2D eigenvalue weighted by Gasteiger charge is -2.27. The molecule has 0 aromatic heterocycles. The molecular weight excluding hydrogens is 586 g/mol. The molecule has 11 nitrogen and oxygen atoms in total. The molecule has 0 bridgehead atoms. The first kappa shape index (κ1) is 40.1. The van der Waals surface area contributed by atoms with Crippen molar-refractivity contribution in [2.45, 2.75) is 83.2 Å². The number of nitrogens with two attached hydrogens (primary N) is 1. The second-order valence-electron chi connectivity index (χ2n) is 9.86. The number of carboxylic acid groups (broad SMARTS) is 3. The summed E-state index contributed by atoms with van der Waals surface area (Å²) in [5, 5.41) is 29.7. The molecule has 2 atom stereocenters. The molecule has 0 saturated heterocycles. The van der Waals surface area contributed by atoms with E-state index in [-0.39, 0.29) is 24.3 Å². The highest BCUT2D eigenvalue weighted by molar-refractivity contribution is 7.80. The van der Waals surface area contributed by atoms with Crippen molar-refractivity contribution in [3.8, 4) is 0 Å². The molecule has 0 heterocycles. The largest absolute Gasteiger partial charge is 0.480 e. The molecule has 12 heteroatoms. The average molecular weight is 634 g/mol. The number of allylic oxidation sites excluding steroid dienone is 10. The Bertz CT molecular complexity index is 1100. The zero-order valence-corrected chi connectivity index (χ0v) is 26.2. The normalized spacial score (nSPS) is 13.8. The number of hydrogen-bond donors (Lipinski definition) is 6. The van der Waals surface area contributed by atoms with Gasteiger partial charge in [-0.05, 0) is 31.4 Å². The lowest BCUT2D eigenvalue weighted by Crippen LogP contribution is -2.50. The quantitative estimate of drug-likeness (QED) is 0.0388. The fourth-order valence-corrected chi connectivity index (χ4v) is 4.00. The van der Waals surface area contributed by atoms with Crippen molar-refractivity contribution in [3.05, 3.63) is 72.5 Å². The first-order valence-electron chi connectivity index (χ1n) is 14.7. The predicted molar refractivity (Wildman–Crippen MR) is 174 cm³/mol. The summed E-state index contributed by atoms with van der Waals surface area (Å²) in [7, 11) is 0. The summed E-state index contributed by atoms with van der Waals surface area (Å²) in [6, 6.07) is -2.45. The van der Waals surface area contributed by atoms with Crippen LogP contribution < -0.4 is 11.1 Å². The molecule has 0 aliphatic heterocycles. The third-order valence-electron chi connectivity index (χ3n) is 6.13. The minimum Gasteiger partial charge on any atom is -0.480 e. The number of carboxylic acids is 3. The van der Waals surface area contributed by atoms with Crippen LogP contribution in [0.2, 0.25) is 0 Å². The molecule has 2 unspecified atom stereocenters. The first-order chi connectivity index (χ1) is 21.0. The first-order valence-corrected chi connectivity index (χ1v) is 15.4. The summed E-state index contributed by atoms with van der Waals surface area (Å²) in [6.45, 7) is 1.47. The van der Waals surface area contributed by atoms with E-state index in [4.69, 9.17) is 15.9 Å². The van der Waals surface area contributed by atoms with Gasteiger partial charge in [-0.2, -0.15) is 12.6 Å². The van der Waals surface area contributed by atoms with E-state index in [1.807, 2.05) is 12.2 Å². The van der Waals surface area contributed by atoms with Gasteiger partial charge in [0.1, 0.15) is 18.6 Å². The highest BCUT2D eigenvalue weighted by Crippen LogP contribution is 2.12. The summed E-state index contributed by atoms with van der Waals surface area (Å²) < 4.78 is 0. The fourth-order valence-electron chi connectivity index (χ4n) is 3.75. The van der Waals surface area contributed by atoms with Gasteiger partial charge < -0.3 is 26.4 Å². The van der Waals surface area contributed by atoms with Crippen molar-refractivity contribution >= 4 is 42.4 Å². The number of thiol groups is 1. The summed E-state index contributed by atoms with van der Waals surface area (Å²) in [4.78, 5) is 60.1. The maximum atomic E-state index is 13.4. The zero-order chi connectivity index (χ0) is 33.2. The van der Waals surface area contributed by atoms with Crippen LogP contribution in [0.4, 0.5) is 0 Å². The highest BCUT2D eigenvalue weighted by atomic mass is 32.1. The Labute approximate surface area is 265 Å². The molecule has 0 saturated carbocycles. The average Bonchev–Trinajstić information content (AvgIpc) is 2.97. The third-order valence-corrected chi connectivity index (χ3v) is 6.49.